The fourth-order valence-electron chi connectivity index (χ4n) is 3.76. The molecule has 1 fully saturated rings. The summed E-state index contributed by atoms with van der Waals surface area (Å²) in [6, 6.07) is 8.33. The molecule has 0 radical (unpaired) electrons. The van der Waals surface area contributed by atoms with E-state index in [9.17, 15) is 10.1 Å². The predicted molar refractivity (Wildman–Crippen MR) is 104 cm³/mol. The zero-order valence-electron chi connectivity index (χ0n) is 17.0. The Morgan fingerprint density at radius 1 is 1.22 bits per heavy atom. The smallest absolute Gasteiger partial charge is 0.278 e. The van der Waals surface area contributed by atoms with E-state index in [2.05, 4.69) is 6.07 Å². The van der Waals surface area contributed by atoms with Crippen LogP contribution < -0.4 is 14.4 Å². The van der Waals surface area contributed by atoms with Crippen LogP contribution in [0.5, 0.6) is 11.5 Å². The van der Waals surface area contributed by atoms with Crippen molar-refractivity contribution in [2.75, 3.05) is 41.4 Å². The molecular formula is C21H32N3O3+. The van der Waals surface area contributed by atoms with Gasteiger partial charge in [0.25, 0.3) is 5.91 Å². The van der Waals surface area contributed by atoms with Gasteiger partial charge >= 0.3 is 0 Å². The first kappa shape index (κ1) is 21.0. The highest BCUT2D eigenvalue weighted by Gasteiger charge is 2.39. The molecule has 1 aliphatic carbocycles. The van der Waals surface area contributed by atoms with E-state index in [1.54, 1.807) is 26.2 Å². The summed E-state index contributed by atoms with van der Waals surface area (Å²) in [6.07, 6.45) is 5.61. The first-order valence-electron chi connectivity index (χ1n) is 9.66. The van der Waals surface area contributed by atoms with Crippen LogP contribution in [0.4, 0.5) is 0 Å². The lowest BCUT2D eigenvalue weighted by atomic mass is 9.81. The third-order valence-corrected chi connectivity index (χ3v) is 5.65. The van der Waals surface area contributed by atoms with Gasteiger partial charge in [-0.1, -0.05) is 25.3 Å². The molecule has 0 aromatic heterocycles. The van der Waals surface area contributed by atoms with Crippen molar-refractivity contribution in [2.45, 2.75) is 44.1 Å². The summed E-state index contributed by atoms with van der Waals surface area (Å²) in [6.45, 7) is 1.22. The lowest BCUT2D eigenvalue weighted by molar-refractivity contribution is -0.871. The number of nitrogens with zero attached hydrogens (tertiary/aromatic N) is 2. The second-order valence-corrected chi connectivity index (χ2v) is 7.48. The molecular weight excluding hydrogens is 342 g/mol. The predicted octanol–water partition coefficient (Wildman–Crippen LogP) is 1.45. The van der Waals surface area contributed by atoms with Crippen LogP contribution in [0.15, 0.2) is 18.2 Å². The standard InChI is InChI=1S/C21H31N3O3/c1-23(13-10-17-8-9-18(26-3)19(14-17)27-4)15-20(25)24(2)21(16-22)11-6-5-7-12-21/h8-9,14H,5-7,10-13,15H2,1-4H3/p+1. The molecule has 27 heavy (non-hydrogen) atoms. The van der Waals surface area contributed by atoms with Crippen molar-refractivity contribution in [3.63, 3.8) is 0 Å². The maximum Gasteiger partial charge on any atom is 0.278 e. The minimum atomic E-state index is -0.612. The first-order chi connectivity index (χ1) is 13.0. The van der Waals surface area contributed by atoms with E-state index in [4.69, 9.17) is 9.47 Å². The molecule has 0 bridgehead atoms. The topological polar surface area (TPSA) is 67.0 Å². The zero-order chi connectivity index (χ0) is 19.9. The number of ether oxygens (including phenoxy) is 2. The summed E-state index contributed by atoms with van der Waals surface area (Å²) in [4.78, 5) is 15.6. The average molecular weight is 375 g/mol. The summed E-state index contributed by atoms with van der Waals surface area (Å²) in [5.74, 6) is 1.48. The average Bonchev–Trinajstić information content (AvgIpc) is 2.71. The number of benzene rings is 1. The van der Waals surface area contributed by atoms with Gasteiger partial charge in [0.15, 0.2) is 18.0 Å². The SMILES string of the molecule is COc1ccc(CC[NH+](C)CC(=O)N(C)C2(C#N)CCCCC2)cc1OC. The molecule has 1 aromatic carbocycles. The number of rotatable bonds is 8. The second-order valence-electron chi connectivity index (χ2n) is 7.48. The minimum Gasteiger partial charge on any atom is -0.493 e. The molecule has 6 heteroatoms. The van der Waals surface area contributed by atoms with Crippen LogP contribution in [0.25, 0.3) is 0 Å². The van der Waals surface area contributed by atoms with E-state index >= 15 is 0 Å². The number of carbonyl (C=O) groups is 1. The summed E-state index contributed by atoms with van der Waals surface area (Å²) in [5.41, 5.74) is 0.535. The number of hydrogen-bond donors (Lipinski definition) is 1. The fraction of sp³-hybridized carbons (Fsp3) is 0.619. The van der Waals surface area contributed by atoms with Crippen LogP contribution in [-0.2, 0) is 11.2 Å². The van der Waals surface area contributed by atoms with Crippen molar-refractivity contribution in [1.82, 2.24) is 4.90 Å². The number of nitrogens with one attached hydrogen (secondary N) is 1. The van der Waals surface area contributed by atoms with Crippen LogP contribution in [0, 0.1) is 11.3 Å². The largest absolute Gasteiger partial charge is 0.493 e. The van der Waals surface area contributed by atoms with Gasteiger partial charge in [-0.15, -0.1) is 0 Å². The van der Waals surface area contributed by atoms with Gasteiger partial charge in [0.2, 0.25) is 0 Å². The van der Waals surface area contributed by atoms with Crippen LogP contribution in [0.3, 0.4) is 0 Å². The molecule has 6 nitrogen and oxygen atoms in total. The van der Waals surface area contributed by atoms with Crippen LogP contribution in [0.2, 0.25) is 0 Å². The van der Waals surface area contributed by atoms with Gasteiger partial charge in [0.05, 0.1) is 33.9 Å². The second kappa shape index (κ2) is 9.61. The number of quaternary nitrogens is 1. The molecule has 1 N–H and O–H groups in total. The van der Waals surface area contributed by atoms with Gasteiger partial charge < -0.3 is 19.3 Å². The molecule has 1 unspecified atom stereocenters. The first-order valence-corrected chi connectivity index (χ1v) is 9.66. The van der Waals surface area contributed by atoms with E-state index in [-0.39, 0.29) is 5.91 Å². The Bertz CT molecular complexity index is 678. The molecule has 1 aliphatic rings. The minimum absolute atomic E-state index is 0.0447. The van der Waals surface area contributed by atoms with Gasteiger partial charge in [-0.2, -0.15) is 5.26 Å². The summed E-state index contributed by atoms with van der Waals surface area (Å²) in [5, 5.41) is 9.67. The summed E-state index contributed by atoms with van der Waals surface area (Å²) in [7, 11) is 7.06. The number of methoxy groups -OCH3 is 2. The molecule has 0 saturated heterocycles. The summed E-state index contributed by atoms with van der Waals surface area (Å²) >= 11 is 0. The molecule has 0 heterocycles. The highest BCUT2D eigenvalue weighted by atomic mass is 16.5. The molecule has 0 spiro atoms. The fourth-order valence-corrected chi connectivity index (χ4v) is 3.76. The van der Waals surface area contributed by atoms with E-state index in [1.165, 1.54) is 0 Å². The van der Waals surface area contributed by atoms with E-state index in [0.29, 0.717) is 12.3 Å². The van der Waals surface area contributed by atoms with Crippen molar-refractivity contribution in [2.24, 2.45) is 0 Å². The van der Waals surface area contributed by atoms with E-state index in [1.807, 2.05) is 25.2 Å². The highest BCUT2D eigenvalue weighted by Crippen LogP contribution is 2.32. The molecule has 1 atom stereocenters. The quantitative estimate of drug-likeness (QED) is 0.748. The van der Waals surface area contributed by atoms with Gasteiger partial charge in [0, 0.05) is 13.5 Å². The zero-order valence-corrected chi connectivity index (χ0v) is 17.0. The van der Waals surface area contributed by atoms with Gasteiger partial charge in [0.1, 0.15) is 5.54 Å². The van der Waals surface area contributed by atoms with E-state index in [0.717, 1.165) is 61.3 Å². The summed E-state index contributed by atoms with van der Waals surface area (Å²) < 4.78 is 10.6. The number of carbonyl (C=O) groups excluding carboxylic acids is 1. The maximum atomic E-state index is 12.7. The molecule has 0 aliphatic heterocycles. The van der Waals surface area contributed by atoms with E-state index < -0.39 is 5.54 Å². The number of amides is 1. The van der Waals surface area contributed by atoms with Gasteiger partial charge in [-0.3, -0.25) is 4.79 Å². The van der Waals surface area contributed by atoms with Crippen LogP contribution in [-0.4, -0.2) is 57.8 Å². The van der Waals surface area contributed by atoms with Crippen molar-refractivity contribution in [3.8, 4) is 17.6 Å². The Hall–Kier alpha value is -2.26. The number of nitriles is 1. The van der Waals surface area contributed by atoms with Crippen molar-refractivity contribution < 1.29 is 19.2 Å². The van der Waals surface area contributed by atoms with Crippen molar-refractivity contribution >= 4 is 5.91 Å². The number of hydrogen-bond acceptors (Lipinski definition) is 4. The van der Waals surface area contributed by atoms with Crippen molar-refractivity contribution in [1.29, 1.82) is 5.26 Å². The molecule has 1 aromatic rings. The van der Waals surface area contributed by atoms with Crippen molar-refractivity contribution in [3.05, 3.63) is 23.8 Å². The van der Waals surface area contributed by atoms with Crippen LogP contribution >= 0.6 is 0 Å². The Morgan fingerprint density at radius 2 is 1.89 bits per heavy atom. The maximum absolute atomic E-state index is 12.7. The lowest BCUT2D eigenvalue weighted by Gasteiger charge is -2.39. The van der Waals surface area contributed by atoms with Gasteiger partial charge in [-0.25, -0.2) is 0 Å². The van der Waals surface area contributed by atoms with Crippen LogP contribution in [0.1, 0.15) is 37.7 Å². The molecule has 1 saturated carbocycles. The molecule has 148 valence electrons. The third kappa shape index (κ3) is 5.14. The normalized spacial score (nSPS) is 16.9. The highest BCUT2D eigenvalue weighted by molar-refractivity contribution is 5.78. The lowest BCUT2D eigenvalue weighted by Crippen LogP contribution is -3.10. The molecule has 1 amide bonds. The Kier molecular flexibility index (Phi) is 7.49. The Labute approximate surface area is 162 Å². The Morgan fingerprint density at radius 3 is 2.48 bits per heavy atom. The third-order valence-electron chi connectivity index (χ3n) is 5.65. The number of likely N-dealkylation sites (N-methyl/N-ethyl adjacent to an activating group) is 2. The Balaban J connectivity index is 1.90. The molecule has 2 rings (SSSR count). The monoisotopic (exact) mass is 374 g/mol. The van der Waals surface area contributed by atoms with Gasteiger partial charge in [-0.05, 0) is 30.5 Å².